The molecule has 0 aliphatic heterocycles. The zero-order valence-corrected chi connectivity index (χ0v) is 20.0. The molecule has 3 aromatic carbocycles. The predicted molar refractivity (Wildman–Crippen MR) is 135 cm³/mol. The van der Waals surface area contributed by atoms with Gasteiger partial charge in [-0.05, 0) is 56.3 Å². The normalized spacial score (nSPS) is 10.9. The molecule has 4 rings (SSSR count). The average Bonchev–Trinajstić information content (AvgIpc) is 3.26. The molecular formula is C27H24ClFN4O2. The van der Waals surface area contributed by atoms with Gasteiger partial charge in [-0.2, -0.15) is 0 Å². The van der Waals surface area contributed by atoms with Crippen molar-refractivity contribution < 1.29 is 14.0 Å². The van der Waals surface area contributed by atoms with E-state index in [-0.39, 0.29) is 18.5 Å². The fourth-order valence-electron chi connectivity index (χ4n) is 3.61. The zero-order valence-electron chi connectivity index (χ0n) is 19.3. The molecule has 0 fully saturated rings. The van der Waals surface area contributed by atoms with Crippen molar-refractivity contribution in [3.63, 3.8) is 0 Å². The van der Waals surface area contributed by atoms with E-state index < -0.39 is 11.7 Å². The van der Waals surface area contributed by atoms with Gasteiger partial charge in [0.1, 0.15) is 12.4 Å². The highest BCUT2D eigenvalue weighted by molar-refractivity contribution is 6.30. The van der Waals surface area contributed by atoms with Crippen LogP contribution < -0.4 is 5.32 Å². The maximum absolute atomic E-state index is 13.3. The molecule has 0 atom stereocenters. The summed E-state index contributed by atoms with van der Waals surface area (Å²) in [6.45, 7) is 3.43. The van der Waals surface area contributed by atoms with Crippen LogP contribution in [0.1, 0.15) is 24.2 Å². The Balaban J connectivity index is 1.61. The van der Waals surface area contributed by atoms with E-state index in [1.165, 1.54) is 29.2 Å². The van der Waals surface area contributed by atoms with Crippen molar-refractivity contribution in [3.8, 4) is 16.9 Å². The minimum absolute atomic E-state index is 0.197. The maximum Gasteiger partial charge on any atom is 0.254 e. The lowest BCUT2D eigenvalue weighted by Crippen LogP contribution is -2.42. The molecule has 35 heavy (non-hydrogen) atoms. The first-order valence-electron chi connectivity index (χ1n) is 11.1. The summed E-state index contributed by atoms with van der Waals surface area (Å²) in [5.74, 6) is -0.910. The molecule has 1 aromatic heterocycles. The van der Waals surface area contributed by atoms with Gasteiger partial charge in [0, 0.05) is 34.1 Å². The Bertz CT molecular complexity index is 1340. The van der Waals surface area contributed by atoms with E-state index >= 15 is 0 Å². The standard InChI is InChI=1S/C27H24ClFN4O2/c1-18(2)32(26(35)20-11-13-22(29)14-12-20)17-25(34)31-27-30-24(19-7-4-3-5-8-19)16-33(27)23-10-6-9-21(28)15-23/h3-16,18H,17H2,1-2H3,(H,30,31,34). The van der Waals surface area contributed by atoms with Gasteiger partial charge in [-0.3, -0.25) is 19.5 Å². The maximum atomic E-state index is 13.3. The number of rotatable bonds is 7. The third-order valence-electron chi connectivity index (χ3n) is 5.40. The lowest BCUT2D eigenvalue weighted by Gasteiger charge is -2.26. The van der Waals surface area contributed by atoms with E-state index in [0.717, 1.165) is 11.3 Å². The Morgan fingerprint density at radius 3 is 2.40 bits per heavy atom. The zero-order chi connectivity index (χ0) is 24.9. The lowest BCUT2D eigenvalue weighted by atomic mass is 10.1. The monoisotopic (exact) mass is 490 g/mol. The van der Waals surface area contributed by atoms with E-state index in [4.69, 9.17) is 11.6 Å². The molecule has 178 valence electrons. The molecule has 1 heterocycles. The number of anilines is 1. The second-order valence-corrected chi connectivity index (χ2v) is 8.68. The van der Waals surface area contributed by atoms with Crippen molar-refractivity contribution in [3.05, 3.63) is 101 Å². The van der Waals surface area contributed by atoms with Crippen LogP contribution in [0.5, 0.6) is 0 Å². The number of amides is 2. The Hall–Kier alpha value is -3.97. The molecule has 0 spiro atoms. The summed E-state index contributed by atoms with van der Waals surface area (Å²) < 4.78 is 15.0. The van der Waals surface area contributed by atoms with Gasteiger partial charge in [-0.25, -0.2) is 9.37 Å². The summed E-state index contributed by atoms with van der Waals surface area (Å²) in [5.41, 5.74) is 2.59. The largest absolute Gasteiger partial charge is 0.327 e. The number of imidazole rings is 1. The topological polar surface area (TPSA) is 67.2 Å². The van der Waals surface area contributed by atoms with Gasteiger partial charge in [-0.15, -0.1) is 0 Å². The molecule has 4 aromatic rings. The van der Waals surface area contributed by atoms with Crippen molar-refractivity contribution in [1.82, 2.24) is 14.5 Å². The number of benzene rings is 3. The van der Waals surface area contributed by atoms with E-state index in [1.54, 1.807) is 16.7 Å². The van der Waals surface area contributed by atoms with Crippen LogP contribution in [0.25, 0.3) is 16.9 Å². The van der Waals surface area contributed by atoms with E-state index in [0.29, 0.717) is 22.2 Å². The van der Waals surface area contributed by atoms with Gasteiger partial charge in [0.2, 0.25) is 11.9 Å². The van der Waals surface area contributed by atoms with Gasteiger partial charge < -0.3 is 4.90 Å². The Labute approximate surface area is 208 Å². The molecule has 6 nitrogen and oxygen atoms in total. The summed E-state index contributed by atoms with van der Waals surface area (Å²) in [5, 5.41) is 3.38. The number of halogens is 2. The lowest BCUT2D eigenvalue weighted by molar-refractivity contribution is -0.117. The van der Waals surface area contributed by atoms with E-state index in [9.17, 15) is 14.0 Å². The van der Waals surface area contributed by atoms with Crippen LogP contribution in [-0.2, 0) is 4.79 Å². The highest BCUT2D eigenvalue weighted by atomic mass is 35.5. The first-order chi connectivity index (χ1) is 16.8. The molecule has 0 bridgehead atoms. The van der Waals surface area contributed by atoms with Crippen LogP contribution in [0, 0.1) is 5.82 Å². The van der Waals surface area contributed by atoms with Crippen LogP contribution in [0.15, 0.2) is 85.1 Å². The number of hydrogen-bond acceptors (Lipinski definition) is 3. The van der Waals surface area contributed by atoms with Gasteiger partial charge in [-0.1, -0.05) is 48.0 Å². The number of nitrogens with zero attached hydrogens (tertiary/aromatic N) is 3. The Morgan fingerprint density at radius 2 is 1.74 bits per heavy atom. The molecule has 0 saturated heterocycles. The highest BCUT2D eigenvalue weighted by Gasteiger charge is 2.23. The number of hydrogen-bond donors (Lipinski definition) is 1. The number of carbonyl (C=O) groups is 2. The molecule has 2 amide bonds. The van der Waals surface area contributed by atoms with Gasteiger partial charge >= 0.3 is 0 Å². The SMILES string of the molecule is CC(C)N(CC(=O)Nc1nc(-c2ccccc2)cn1-c1cccc(Cl)c1)C(=O)c1ccc(F)cc1. The summed E-state index contributed by atoms with van der Waals surface area (Å²) in [7, 11) is 0. The van der Waals surface area contributed by atoms with Crippen molar-refractivity contribution in [2.75, 3.05) is 11.9 Å². The third kappa shape index (κ3) is 5.75. The van der Waals surface area contributed by atoms with E-state index in [2.05, 4.69) is 10.3 Å². The molecule has 0 aliphatic carbocycles. The molecule has 0 aliphatic rings. The first-order valence-corrected chi connectivity index (χ1v) is 11.5. The quantitative estimate of drug-likeness (QED) is 0.355. The fraction of sp³-hybridized carbons (Fsp3) is 0.148. The van der Waals surface area contributed by atoms with Crippen LogP contribution in [0.2, 0.25) is 5.02 Å². The second kappa shape index (κ2) is 10.5. The van der Waals surface area contributed by atoms with Crippen LogP contribution in [0.4, 0.5) is 10.3 Å². The van der Waals surface area contributed by atoms with Crippen LogP contribution in [-0.4, -0.2) is 38.9 Å². The highest BCUT2D eigenvalue weighted by Crippen LogP contribution is 2.25. The number of aromatic nitrogens is 2. The molecule has 0 saturated carbocycles. The Morgan fingerprint density at radius 1 is 1.03 bits per heavy atom. The minimum Gasteiger partial charge on any atom is -0.327 e. The average molecular weight is 491 g/mol. The fourth-order valence-corrected chi connectivity index (χ4v) is 3.79. The summed E-state index contributed by atoms with van der Waals surface area (Å²) in [6, 6.07) is 21.8. The van der Waals surface area contributed by atoms with Crippen molar-refractivity contribution in [2.45, 2.75) is 19.9 Å². The number of carbonyl (C=O) groups excluding carboxylic acids is 2. The first kappa shape index (κ1) is 24.2. The van der Waals surface area contributed by atoms with Crippen molar-refractivity contribution in [1.29, 1.82) is 0 Å². The summed E-state index contributed by atoms with van der Waals surface area (Å²) >= 11 is 6.19. The van der Waals surface area contributed by atoms with Crippen molar-refractivity contribution >= 4 is 29.4 Å². The van der Waals surface area contributed by atoms with E-state index in [1.807, 2.05) is 62.5 Å². The van der Waals surface area contributed by atoms with Crippen LogP contribution >= 0.6 is 11.6 Å². The van der Waals surface area contributed by atoms with Crippen molar-refractivity contribution in [2.24, 2.45) is 0 Å². The Kier molecular flexibility index (Phi) is 7.27. The number of nitrogens with one attached hydrogen (secondary N) is 1. The van der Waals surface area contributed by atoms with Gasteiger partial charge in [0.05, 0.1) is 5.69 Å². The smallest absolute Gasteiger partial charge is 0.254 e. The molecule has 0 unspecified atom stereocenters. The van der Waals surface area contributed by atoms with Crippen LogP contribution in [0.3, 0.4) is 0 Å². The summed E-state index contributed by atoms with van der Waals surface area (Å²) in [6.07, 6.45) is 1.82. The summed E-state index contributed by atoms with van der Waals surface area (Å²) in [4.78, 5) is 32.1. The molecule has 8 heteroatoms. The molecule has 1 N–H and O–H groups in total. The van der Waals surface area contributed by atoms with Gasteiger partial charge in [0.25, 0.3) is 5.91 Å². The second-order valence-electron chi connectivity index (χ2n) is 8.25. The molecule has 0 radical (unpaired) electrons. The van der Waals surface area contributed by atoms with Gasteiger partial charge in [0.15, 0.2) is 0 Å². The predicted octanol–water partition coefficient (Wildman–Crippen LogP) is 5.82. The molecular weight excluding hydrogens is 467 g/mol. The minimum atomic E-state index is -0.433. The third-order valence-corrected chi connectivity index (χ3v) is 5.64.